The molecule has 0 saturated carbocycles. The Morgan fingerprint density at radius 3 is 2.30 bits per heavy atom. The van der Waals surface area contributed by atoms with Crippen molar-refractivity contribution < 1.29 is 22.8 Å². The van der Waals surface area contributed by atoms with Gasteiger partial charge < -0.3 is 0 Å². The minimum Gasteiger partial charge on any atom is -0.294 e. The minimum atomic E-state index is -4.55. The fourth-order valence-electron chi connectivity index (χ4n) is 4.70. The van der Waals surface area contributed by atoms with Gasteiger partial charge in [0.2, 0.25) is 5.91 Å². The third kappa shape index (κ3) is 3.55. The second-order valence-electron chi connectivity index (χ2n) is 8.05. The Hall–Kier alpha value is -2.89. The van der Waals surface area contributed by atoms with Crippen molar-refractivity contribution in [3.05, 3.63) is 76.0 Å². The Balaban J connectivity index is 1.91. The number of hydrogen-bond acceptors (Lipinski definition) is 2. The summed E-state index contributed by atoms with van der Waals surface area (Å²) >= 11 is 0. The van der Waals surface area contributed by atoms with Crippen LogP contribution in [0.15, 0.2) is 53.7 Å². The molecule has 0 fully saturated rings. The predicted octanol–water partition coefficient (Wildman–Crippen LogP) is 5.85. The monoisotopic (exact) mass is 413 g/mol. The van der Waals surface area contributed by atoms with E-state index < -0.39 is 17.7 Å². The van der Waals surface area contributed by atoms with Crippen molar-refractivity contribution in [3.63, 3.8) is 0 Å². The van der Waals surface area contributed by atoms with Gasteiger partial charge in [-0.05, 0) is 61.6 Å². The van der Waals surface area contributed by atoms with Crippen molar-refractivity contribution in [2.24, 2.45) is 0 Å². The standard InChI is InChI=1S/C24H22F3NO2/c1-14-10-15(2)12-16(11-14)28-20-8-5-9-21(29)23(20)18(13-22(28)30)17-6-3-4-7-19(17)24(25,26)27/h3-4,6-7,10-12,18H,5,8-9,13H2,1-2H3. The van der Waals surface area contributed by atoms with Crippen LogP contribution in [0.25, 0.3) is 0 Å². The van der Waals surface area contributed by atoms with Crippen molar-refractivity contribution in [2.45, 2.75) is 51.6 Å². The first-order chi connectivity index (χ1) is 14.2. The van der Waals surface area contributed by atoms with E-state index in [1.807, 2.05) is 32.0 Å². The average molecular weight is 413 g/mol. The van der Waals surface area contributed by atoms with Gasteiger partial charge in [0.25, 0.3) is 0 Å². The van der Waals surface area contributed by atoms with Crippen molar-refractivity contribution in [1.29, 1.82) is 0 Å². The number of Topliss-reactive ketones (excluding diaryl/α,β-unsaturated/α-hetero) is 1. The van der Waals surface area contributed by atoms with Crippen molar-refractivity contribution in [1.82, 2.24) is 0 Å². The summed E-state index contributed by atoms with van der Waals surface area (Å²) in [5, 5.41) is 0. The van der Waals surface area contributed by atoms with E-state index >= 15 is 0 Å². The number of ketones is 1. The summed E-state index contributed by atoms with van der Waals surface area (Å²) in [7, 11) is 0. The first kappa shape index (κ1) is 20.4. The summed E-state index contributed by atoms with van der Waals surface area (Å²) in [5.74, 6) is -1.32. The van der Waals surface area contributed by atoms with Crippen LogP contribution in [0.4, 0.5) is 18.9 Å². The Kier molecular flexibility index (Phi) is 5.04. The highest BCUT2D eigenvalue weighted by molar-refractivity contribution is 6.07. The molecule has 0 saturated heterocycles. The molecule has 1 amide bonds. The Morgan fingerprint density at radius 2 is 1.63 bits per heavy atom. The molecular weight excluding hydrogens is 391 g/mol. The zero-order chi connectivity index (χ0) is 21.6. The number of halogens is 3. The lowest BCUT2D eigenvalue weighted by molar-refractivity contribution is -0.138. The molecule has 156 valence electrons. The van der Waals surface area contributed by atoms with E-state index in [-0.39, 0.29) is 23.7 Å². The number of hydrogen-bond donors (Lipinski definition) is 0. The number of carbonyl (C=O) groups excluding carboxylic acids is 2. The van der Waals surface area contributed by atoms with E-state index in [1.165, 1.54) is 18.2 Å². The number of anilines is 1. The summed E-state index contributed by atoms with van der Waals surface area (Å²) in [6.07, 6.45) is -3.35. The third-order valence-electron chi connectivity index (χ3n) is 5.78. The molecule has 30 heavy (non-hydrogen) atoms. The van der Waals surface area contributed by atoms with Gasteiger partial charge in [-0.2, -0.15) is 13.2 Å². The summed E-state index contributed by atoms with van der Waals surface area (Å²) < 4.78 is 41.0. The molecular formula is C24H22F3NO2. The number of nitrogens with zero attached hydrogens (tertiary/aromatic N) is 1. The Morgan fingerprint density at radius 1 is 0.967 bits per heavy atom. The van der Waals surface area contributed by atoms with Gasteiger partial charge in [-0.25, -0.2) is 0 Å². The van der Waals surface area contributed by atoms with Gasteiger partial charge in [0.1, 0.15) is 0 Å². The van der Waals surface area contributed by atoms with E-state index in [1.54, 1.807) is 4.90 Å². The van der Waals surface area contributed by atoms with Gasteiger partial charge in [0.05, 0.1) is 5.56 Å². The lowest BCUT2D eigenvalue weighted by Gasteiger charge is -2.39. The molecule has 2 aliphatic rings. The lowest BCUT2D eigenvalue weighted by atomic mass is 9.75. The number of benzene rings is 2. The second-order valence-corrected chi connectivity index (χ2v) is 8.05. The van der Waals surface area contributed by atoms with E-state index in [4.69, 9.17) is 0 Å². The molecule has 2 aromatic carbocycles. The number of rotatable bonds is 2. The van der Waals surface area contributed by atoms with Crippen molar-refractivity contribution in [2.75, 3.05) is 4.90 Å². The van der Waals surface area contributed by atoms with Crippen LogP contribution in [-0.4, -0.2) is 11.7 Å². The highest BCUT2D eigenvalue weighted by atomic mass is 19.4. The zero-order valence-electron chi connectivity index (χ0n) is 16.8. The summed E-state index contributed by atoms with van der Waals surface area (Å²) in [5.41, 5.74) is 2.75. The molecule has 0 aromatic heterocycles. The predicted molar refractivity (Wildman–Crippen MR) is 108 cm³/mol. The highest BCUT2D eigenvalue weighted by Crippen LogP contribution is 2.46. The largest absolute Gasteiger partial charge is 0.416 e. The highest BCUT2D eigenvalue weighted by Gasteiger charge is 2.43. The second kappa shape index (κ2) is 7.42. The summed E-state index contributed by atoms with van der Waals surface area (Å²) in [6, 6.07) is 11.0. The first-order valence-corrected chi connectivity index (χ1v) is 10.0. The van der Waals surface area contributed by atoms with Gasteiger partial charge in [0.15, 0.2) is 5.78 Å². The zero-order valence-corrected chi connectivity index (χ0v) is 16.8. The van der Waals surface area contributed by atoms with Crippen molar-refractivity contribution in [3.8, 4) is 0 Å². The number of alkyl halides is 3. The number of amides is 1. The minimum absolute atomic E-state index is 0.00109. The van der Waals surface area contributed by atoms with Gasteiger partial charge in [-0.1, -0.05) is 24.3 Å². The van der Waals surface area contributed by atoms with Crippen LogP contribution in [0, 0.1) is 13.8 Å². The molecule has 0 radical (unpaired) electrons. The summed E-state index contributed by atoms with van der Waals surface area (Å²) in [6.45, 7) is 3.85. The molecule has 1 aliphatic carbocycles. The molecule has 4 rings (SSSR count). The van der Waals surface area contributed by atoms with Crippen LogP contribution in [-0.2, 0) is 15.8 Å². The van der Waals surface area contributed by atoms with Crippen LogP contribution in [0.1, 0.15) is 53.9 Å². The van der Waals surface area contributed by atoms with Crippen LogP contribution in [0.5, 0.6) is 0 Å². The quantitative estimate of drug-likeness (QED) is 0.619. The molecule has 2 aromatic rings. The number of carbonyl (C=O) groups is 2. The maximum atomic E-state index is 13.7. The maximum Gasteiger partial charge on any atom is 0.416 e. The van der Waals surface area contributed by atoms with Crippen LogP contribution in [0.3, 0.4) is 0 Å². The number of aryl methyl sites for hydroxylation is 2. The Bertz CT molecular complexity index is 1050. The molecule has 1 heterocycles. The molecule has 0 bridgehead atoms. The van der Waals surface area contributed by atoms with Gasteiger partial charge in [-0.15, -0.1) is 0 Å². The third-order valence-corrected chi connectivity index (χ3v) is 5.78. The Labute approximate surface area is 173 Å². The van der Waals surface area contributed by atoms with Gasteiger partial charge in [0, 0.05) is 35.7 Å². The van der Waals surface area contributed by atoms with Crippen LogP contribution >= 0.6 is 0 Å². The van der Waals surface area contributed by atoms with Gasteiger partial charge >= 0.3 is 6.18 Å². The molecule has 3 nitrogen and oxygen atoms in total. The fraction of sp³-hybridized carbons (Fsp3) is 0.333. The van der Waals surface area contributed by atoms with E-state index in [0.29, 0.717) is 36.2 Å². The normalized spacial score (nSPS) is 19.9. The molecule has 0 N–H and O–H groups in total. The molecule has 1 atom stereocenters. The van der Waals surface area contributed by atoms with E-state index in [0.717, 1.165) is 17.2 Å². The SMILES string of the molecule is Cc1cc(C)cc(N2C(=O)CC(c3ccccc3C(F)(F)F)C3=C2CCCC3=O)c1. The van der Waals surface area contributed by atoms with E-state index in [9.17, 15) is 22.8 Å². The molecule has 1 unspecified atom stereocenters. The number of allylic oxidation sites excluding steroid dienone is 2. The molecule has 1 aliphatic heterocycles. The topological polar surface area (TPSA) is 37.4 Å². The van der Waals surface area contributed by atoms with E-state index in [2.05, 4.69) is 0 Å². The smallest absolute Gasteiger partial charge is 0.294 e. The molecule has 0 spiro atoms. The van der Waals surface area contributed by atoms with Crippen LogP contribution in [0.2, 0.25) is 0 Å². The summed E-state index contributed by atoms with van der Waals surface area (Å²) in [4.78, 5) is 27.7. The lowest BCUT2D eigenvalue weighted by Crippen LogP contribution is -2.41. The average Bonchev–Trinajstić information content (AvgIpc) is 2.66. The fourth-order valence-corrected chi connectivity index (χ4v) is 4.70. The van der Waals surface area contributed by atoms with Crippen molar-refractivity contribution >= 4 is 17.4 Å². The molecule has 6 heteroatoms. The van der Waals surface area contributed by atoms with Gasteiger partial charge in [-0.3, -0.25) is 14.5 Å². The first-order valence-electron chi connectivity index (χ1n) is 10.0. The van der Waals surface area contributed by atoms with Crippen LogP contribution < -0.4 is 4.90 Å². The maximum absolute atomic E-state index is 13.7.